The monoisotopic (exact) mass is 305 g/mol. The van der Waals surface area contributed by atoms with E-state index in [0.717, 1.165) is 10.2 Å². The van der Waals surface area contributed by atoms with Crippen molar-refractivity contribution in [2.75, 3.05) is 6.54 Å². The summed E-state index contributed by atoms with van der Waals surface area (Å²) in [6.45, 7) is 6.80. The zero-order chi connectivity index (χ0) is 12.3. The Morgan fingerprint density at radius 3 is 2.50 bits per heavy atom. The van der Waals surface area contributed by atoms with Gasteiger partial charge in [-0.15, -0.1) is 0 Å². The maximum absolute atomic E-state index is 5.88. The van der Waals surface area contributed by atoms with Gasteiger partial charge in [0.1, 0.15) is 11.9 Å². The first-order valence-electron chi connectivity index (χ1n) is 5.16. The Bertz CT molecular complexity index is 363. The Morgan fingerprint density at radius 1 is 1.44 bits per heavy atom. The van der Waals surface area contributed by atoms with Crippen LogP contribution < -0.4 is 10.5 Å². The molecule has 0 aliphatic carbocycles. The average molecular weight is 307 g/mol. The summed E-state index contributed by atoms with van der Waals surface area (Å²) in [5.41, 5.74) is 5.73. The third-order valence-corrected chi connectivity index (χ3v) is 3.20. The van der Waals surface area contributed by atoms with Crippen molar-refractivity contribution in [1.29, 1.82) is 0 Å². The van der Waals surface area contributed by atoms with Crippen LogP contribution in [0.25, 0.3) is 0 Å². The van der Waals surface area contributed by atoms with Crippen molar-refractivity contribution in [2.45, 2.75) is 26.9 Å². The number of rotatable bonds is 3. The molecule has 0 saturated heterocycles. The van der Waals surface area contributed by atoms with Crippen LogP contribution in [0.5, 0.6) is 5.75 Å². The molecular weight excluding hydrogens is 289 g/mol. The molecule has 16 heavy (non-hydrogen) atoms. The molecule has 4 heteroatoms. The molecule has 0 aliphatic rings. The van der Waals surface area contributed by atoms with Crippen LogP contribution in [0.2, 0.25) is 5.02 Å². The van der Waals surface area contributed by atoms with Crippen molar-refractivity contribution in [3.05, 3.63) is 27.7 Å². The summed E-state index contributed by atoms with van der Waals surface area (Å²) in [4.78, 5) is 0. The molecule has 0 fully saturated rings. The van der Waals surface area contributed by atoms with Crippen LogP contribution in [0.15, 0.2) is 22.7 Å². The molecule has 1 rings (SSSR count). The van der Waals surface area contributed by atoms with Gasteiger partial charge in [0.25, 0.3) is 0 Å². The zero-order valence-corrected chi connectivity index (χ0v) is 12.1. The smallest absolute Gasteiger partial charge is 0.134 e. The molecule has 0 radical (unpaired) electrons. The molecule has 0 amide bonds. The van der Waals surface area contributed by atoms with Crippen molar-refractivity contribution in [3.8, 4) is 5.75 Å². The molecule has 1 atom stereocenters. The number of ether oxygens (including phenoxy) is 1. The van der Waals surface area contributed by atoms with Crippen LogP contribution >= 0.6 is 27.5 Å². The van der Waals surface area contributed by atoms with Gasteiger partial charge in [-0.1, -0.05) is 32.4 Å². The summed E-state index contributed by atoms with van der Waals surface area (Å²) in [6.07, 6.45) is -0.0232. The van der Waals surface area contributed by atoms with Crippen molar-refractivity contribution in [3.63, 3.8) is 0 Å². The Morgan fingerprint density at radius 2 is 2.06 bits per heavy atom. The summed E-state index contributed by atoms with van der Waals surface area (Å²) in [6, 6.07) is 5.46. The molecule has 0 aliphatic heterocycles. The molecule has 0 bridgehead atoms. The zero-order valence-electron chi connectivity index (χ0n) is 9.76. The van der Waals surface area contributed by atoms with Gasteiger partial charge in [0.15, 0.2) is 0 Å². The lowest BCUT2D eigenvalue weighted by Crippen LogP contribution is -2.38. The Hall–Kier alpha value is -0.250. The normalized spacial score (nSPS) is 13.6. The van der Waals surface area contributed by atoms with E-state index in [0.29, 0.717) is 11.6 Å². The highest BCUT2D eigenvalue weighted by molar-refractivity contribution is 9.10. The number of hydrogen-bond acceptors (Lipinski definition) is 2. The number of benzene rings is 1. The second kappa shape index (κ2) is 5.39. The minimum Gasteiger partial charge on any atom is -0.487 e. The molecule has 2 nitrogen and oxygen atoms in total. The summed E-state index contributed by atoms with van der Waals surface area (Å²) >= 11 is 9.29. The van der Waals surface area contributed by atoms with Crippen molar-refractivity contribution < 1.29 is 4.74 Å². The van der Waals surface area contributed by atoms with Crippen LogP contribution in [-0.2, 0) is 0 Å². The van der Waals surface area contributed by atoms with Gasteiger partial charge in [-0.2, -0.15) is 0 Å². The van der Waals surface area contributed by atoms with Gasteiger partial charge in [-0.25, -0.2) is 0 Å². The summed E-state index contributed by atoms with van der Waals surface area (Å²) in [5, 5.41) is 0.680. The topological polar surface area (TPSA) is 35.2 Å². The SMILES string of the molecule is CC(C)(C)C(CN)Oc1ccc(Cl)cc1Br. The van der Waals surface area contributed by atoms with Gasteiger partial charge in [-0.05, 0) is 34.1 Å². The minimum atomic E-state index is -0.0232. The Kier molecular flexibility index (Phi) is 4.65. The van der Waals surface area contributed by atoms with E-state index in [2.05, 4.69) is 36.7 Å². The standard InChI is InChI=1S/C12H17BrClNO/c1-12(2,3)11(7-15)16-10-5-4-8(14)6-9(10)13/h4-6,11H,7,15H2,1-3H3. The third kappa shape index (κ3) is 3.65. The lowest BCUT2D eigenvalue weighted by atomic mass is 9.89. The summed E-state index contributed by atoms with van der Waals surface area (Å²) in [5.74, 6) is 0.773. The molecule has 90 valence electrons. The van der Waals surface area contributed by atoms with Crippen LogP contribution in [-0.4, -0.2) is 12.6 Å². The fourth-order valence-corrected chi connectivity index (χ4v) is 2.08. The number of hydrogen-bond donors (Lipinski definition) is 1. The number of nitrogens with two attached hydrogens (primary N) is 1. The molecule has 2 N–H and O–H groups in total. The van der Waals surface area contributed by atoms with E-state index < -0.39 is 0 Å². The van der Waals surface area contributed by atoms with Gasteiger partial charge in [0.2, 0.25) is 0 Å². The molecular formula is C12H17BrClNO. The molecule has 1 aromatic rings. The fraction of sp³-hybridized carbons (Fsp3) is 0.500. The second-order valence-corrected chi connectivity index (χ2v) is 6.07. The van der Waals surface area contributed by atoms with Crippen LogP contribution in [0.3, 0.4) is 0 Å². The van der Waals surface area contributed by atoms with E-state index in [9.17, 15) is 0 Å². The van der Waals surface area contributed by atoms with Crippen molar-refractivity contribution in [1.82, 2.24) is 0 Å². The van der Waals surface area contributed by atoms with E-state index in [-0.39, 0.29) is 11.5 Å². The maximum atomic E-state index is 5.88. The van der Waals surface area contributed by atoms with Crippen LogP contribution in [0, 0.1) is 5.41 Å². The lowest BCUT2D eigenvalue weighted by Gasteiger charge is -2.30. The Balaban J connectivity index is 2.86. The average Bonchev–Trinajstić information content (AvgIpc) is 2.14. The molecule has 0 saturated carbocycles. The highest BCUT2D eigenvalue weighted by Gasteiger charge is 2.25. The quantitative estimate of drug-likeness (QED) is 0.920. The van der Waals surface area contributed by atoms with E-state index in [1.165, 1.54) is 0 Å². The maximum Gasteiger partial charge on any atom is 0.134 e. The van der Waals surface area contributed by atoms with E-state index in [1.807, 2.05) is 12.1 Å². The van der Waals surface area contributed by atoms with E-state index in [1.54, 1.807) is 6.07 Å². The predicted molar refractivity (Wildman–Crippen MR) is 72.1 cm³/mol. The number of halogens is 2. The van der Waals surface area contributed by atoms with Gasteiger partial charge in [-0.3, -0.25) is 0 Å². The molecule has 0 spiro atoms. The first-order valence-corrected chi connectivity index (χ1v) is 6.33. The van der Waals surface area contributed by atoms with Gasteiger partial charge < -0.3 is 10.5 Å². The predicted octanol–water partition coefficient (Wildman–Crippen LogP) is 3.85. The van der Waals surface area contributed by atoms with Gasteiger partial charge >= 0.3 is 0 Å². The highest BCUT2D eigenvalue weighted by Crippen LogP contribution is 2.31. The minimum absolute atomic E-state index is 0.00776. The Labute approximate surface area is 110 Å². The van der Waals surface area contributed by atoms with Crippen molar-refractivity contribution >= 4 is 27.5 Å². The van der Waals surface area contributed by atoms with E-state index in [4.69, 9.17) is 22.1 Å². The highest BCUT2D eigenvalue weighted by atomic mass is 79.9. The van der Waals surface area contributed by atoms with Gasteiger partial charge in [0.05, 0.1) is 4.47 Å². The second-order valence-electron chi connectivity index (χ2n) is 4.78. The van der Waals surface area contributed by atoms with E-state index >= 15 is 0 Å². The van der Waals surface area contributed by atoms with Crippen molar-refractivity contribution in [2.24, 2.45) is 11.1 Å². The lowest BCUT2D eigenvalue weighted by molar-refractivity contribution is 0.0934. The first-order chi connectivity index (χ1) is 7.34. The summed E-state index contributed by atoms with van der Waals surface area (Å²) < 4.78 is 6.73. The summed E-state index contributed by atoms with van der Waals surface area (Å²) in [7, 11) is 0. The molecule has 0 aromatic heterocycles. The largest absolute Gasteiger partial charge is 0.487 e. The molecule has 0 heterocycles. The first kappa shape index (κ1) is 13.8. The van der Waals surface area contributed by atoms with Crippen LogP contribution in [0.4, 0.5) is 0 Å². The third-order valence-electron chi connectivity index (χ3n) is 2.34. The fourth-order valence-electron chi connectivity index (χ4n) is 1.30. The van der Waals surface area contributed by atoms with Crippen LogP contribution in [0.1, 0.15) is 20.8 Å². The molecule has 1 aromatic carbocycles. The van der Waals surface area contributed by atoms with Gasteiger partial charge in [0, 0.05) is 17.0 Å². The molecule has 1 unspecified atom stereocenters.